The van der Waals surface area contributed by atoms with Gasteiger partial charge in [-0.25, -0.2) is 0 Å². The number of benzene rings is 2. The summed E-state index contributed by atoms with van der Waals surface area (Å²) in [6, 6.07) is 20.1. The van der Waals surface area contributed by atoms with E-state index in [4.69, 9.17) is 0 Å². The average molecular weight is 476 g/mol. The molecule has 3 aromatic rings. The lowest BCUT2D eigenvalue weighted by Gasteiger charge is -2.41. The number of aromatic nitrogens is 2. The lowest BCUT2D eigenvalue weighted by molar-refractivity contribution is -0.121. The zero-order valence-corrected chi connectivity index (χ0v) is 20.3. The van der Waals surface area contributed by atoms with Crippen LogP contribution in [0.1, 0.15) is 50.2 Å². The molecule has 2 aliphatic rings. The van der Waals surface area contributed by atoms with Gasteiger partial charge in [-0.2, -0.15) is 0 Å². The third-order valence-electron chi connectivity index (χ3n) is 6.14. The van der Waals surface area contributed by atoms with Gasteiger partial charge in [0.15, 0.2) is 10.1 Å². The number of nitrogens with zero attached hydrogens (tertiary/aromatic N) is 3. The van der Waals surface area contributed by atoms with E-state index in [1.54, 1.807) is 16.7 Å². The number of rotatable bonds is 5. The molecule has 1 amide bonds. The highest BCUT2D eigenvalue weighted by Gasteiger charge is 2.45. The van der Waals surface area contributed by atoms with Gasteiger partial charge in [0.25, 0.3) is 0 Å². The van der Waals surface area contributed by atoms with Gasteiger partial charge in [-0.3, -0.25) is 14.5 Å². The maximum Gasteiger partial charge on any atom is 0.234 e. The number of hydrogen-bond donors (Lipinski definition) is 0. The van der Waals surface area contributed by atoms with Gasteiger partial charge in [0.1, 0.15) is 0 Å². The Bertz CT molecular complexity index is 1220. The normalized spacial score (nSPS) is 20.2. The number of carbonyl (C=O) groups is 2. The largest absolute Gasteiger partial charge is 0.294 e. The fourth-order valence-electron chi connectivity index (χ4n) is 4.68. The lowest BCUT2D eigenvalue weighted by Crippen LogP contribution is -2.43. The van der Waals surface area contributed by atoms with Crippen LogP contribution in [0.4, 0.5) is 5.13 Å². The van der Waals surface area contributed by atoms with E-state index in [1.807, 2.05) is 48.5 Å². The number of allylic oxidation sites excluding steroid dienone is 2. The summed E-state index contributed by atoms with van der Waals surface area (Å²) in [6.07, 6.45) is 1.42. The zero-order valence-electron chi connectivity index (χ0n) is 18.7. The van der Waals surface area contributed by atoms with Crippen LogP contribution >= 0.6 is 23.1 Å². The van der Waals surface area contributed by atoms with Crippen LogP contribution in [0.25, 0.3) is 0 Å². The number of anilines is 1. The molecule has 0 N–H and O–H groups in total. The molecule has 7 heteroatoms. The molecule has 0 radical (unpaired) electrons. The monoisotopic (exact) mass is 475 g/mol. The second-order valence-corrected chi connectivity index (χ2v) is 11.5. The maximum atomic E-state index is 13.5. The van der Waals surface area contributed by atoms with Gasteiger partial charge in [0, 0.05) is 35.8 Å². The first-order valence-corrected chi connectivity index (χ1v) is 12.9. The first-order chi connectivity index (χ1) is 15.9. The van der Waals surface area contributed by atoms with E-state index in [1.165, 1.54) is 16.9 Å². The molecule has 0 saturated heterocycles. The first kappa shape index (κ1) is 22.0. The molecule has 0 bridgehead atoms. The quantitative estimate of drug-likeness (QED) is 0.335. The number of Topliss-reactive ketones (excluding diaryl/α,β-unsaturated/α-hetero) is 1. The Kier molecular flexibility index (Phi) is 5.93. The summed E-state index contributed by atoms with van der Waals surface area (Å²) in [4.78, 5) is 28.5. The van der Waals surface area contributed by atoms with Crippen molar-refractivity contribution >= 4 is 39.9 Å². The van der Waals surface area contributed by atoms with E-state index in [-0.39, 0.29) is 29.4 Å². The minimum atomic E-state index is -0.206. The van der Waals surface area contributed by atoms with Crippen LogP contribution < -0.4 is 4.90 Å². The number of amides is 1. The van der Waals surface area contributed by atoms with Crippen molar-refractivity contribution in [1.82, 2.24) is 10.2 Å². The topological polar surface area (TPSA) is 63.2 Å². The summed E-state index contributed by atoms with van der Waals surface area (Å²) in [5, 5.41) is 9.27. The van der Waals surface area contributed by atoms with Crippen LogP contribution in [-0.4, -0.2) is 21.9 Å². The van der Waals surface area contributed by atoms with Crippen molar-refractivity contribution in [1.29, 1.82) is 0 Å². The van der Waals surface area contributed by atoms with Crippen LogP contribution in [0.2, 0.25) is 0 Å². The smallest absolute Gasteiger partial charge is 0.234 e. The number of ketones is 1. The Balaban J connectivity index is 1.50. The molecule has 2 aromatic carbocycles. The van der Waals surface area contributed by atoms with Gasteiger partial charge in [0.2, 0.25) is 11.0 Å². The lowest BCUT2D eigenvalue weighted by atomic mass is 9.69. The standard InChI is InChI=1S/C26H25N3O2S2/c1-26(2)14-20-23(21(30)15-26)19(18-11-7-4-8-12-18)13-22(31)29(20)24-27-28-25(33-24)32-16-17-9-5-3-6-10-17/h3-12,19H,13-16H2,1-2H3/t19-/m0/s1. The zero-order chi connectivity index (χ0) is 23.0. The predicted molar refractivity (Wildman–Crippen MR) is 132 cm³/mol. The van der Waals surface area contributed by atoms with Crippen LogP contribution in [0.15, 0.2) is 76.3 Å². The van der Waals surface area contributed by atoms with Crippen LogP contribution in [0, 0.1) is 5.41 Å². The van der Waals surface area contributed by atoms with Crippen molar-refractivity contribution in [2.45, 2.75) is 49.1 Å². The highest BCUT2D eigenvalue weighted by molar-refractivity contribution is 8.00. The second kappa shape index (κ2) is 8.88. The summed E-state index contributed by atoms with van der Waals surface area (Å²) in [5.74, 6) is 0.701. The van der Waals surface area contributed by atoms with Gasteiger partial charge in [0.05, 0.1) is 0 Å². The van der Waals surface area contributed by atoms with Crippen molar-refractivity contribution in [2.24, 2.45) is 5.41 Å². The molecule has 33 heavy (non-hydrogen) atoms. The molecule has 5 rings (SSSR count). The van der Waals surface area contributed by atoms with Crippen LogP contribution in [-0.2, 0) is 15.3 Å². The molecule has 2 heterocycles. The molecule has 1 aliphatic carbocycles. The van der Waals surface area contributed by atoms with Crippen LogP contribution in [0.3, 0.4) is 0 Å². The summed E-state index contributed by atoms with van der Waals surface area (Å²) in [6.45, 7) is 4.18. The number of thioether (sulfide) groups is 1. The van der Waals surface area contributed by atoms with Gasteiger partial charge in [-0.1, -0.05) is 97.6 Å². The Morgan fingerprint density at radius 2 is 1.70 bits per heavy atom. The summed E-state index contributed by atoms with van der Waals surface area (Å²) < 4.78 is 0.815. The highest BCUT2D eigenvalue weighted by Crippen LogP contribution is 2.48. The highest BCUT2D eigenvalue weighted by atomic mass is 32.2. The molecule has 0 saturated carbocycles. The van der Waals surface area contributed by atoms with E-state index in [0.717, 1.165) is 26.9 Å². The van der Waals surface area contributed by atoms with E-state index >= 15 is 0 Å². The van der Waals surface area contributed by atoms with E-state index < -0.39 is 0 Å². The third-order valence-corrected chi connectivity index (χ3v) is 8.25. The van der Waals surface area contributed by atoms with Gasteiger partial charge < -0.3 is 0 Å². The summed E-state index contributed by atoms with van der Waals surface area (Å²) in [5.41, 5.74) is 3.60. The fourth-order valence-corrected chi connectivity index (χ4v) is 6.52. The minimum absolute atomic E-state index is 0.0242. The Morgan fingerprint density at radius 3 is 2.42 bits per heavy atom. The molecule has 0 spiro atoms. The molecule has 5 nitrogen and oxygen atoms in total. The van der Waals surface area contributed by atoms with Gasteiger partial charge >= 0.3 is 0 Å². The molecule has 1 atom stereocenters. The van der Waals surface area contributed by atoms with Crippen molar-refractivity contribution < 1.29 is 9.59 Å². The summed E-state index contributed by atoms with van der Waals surface area (Å²) in [7, 11) is 0. The van der Waals surface area contributed by atoms with Gasteiger partial charge in [-0.05, 0) is 23.0 Å². The SMILES string of the molecule is CC1(C)CC(=O)C2=C(C1)N(c1nnc(SCc3ccccc3)s1)C(=O)C[C@H]2c1ccccc1. The Morgan fingerprint density at radius 1 is 1.00 bits per heavy atom. The molecule has 1 aromatic heterocycles. The fraction of sp³-hybridized carbons (Fsp3) is 0.308. The molecular weight excluding hydrogens is 450 g/mol. The molecule has 168 valence electrons. The Hall–Kier alpha value is -2.77. The van der Waals surface area contributed by atoms with Crippen molar-refractivity contribution in [3.8, 4) is 0 Å². The molecule has 0 unspecified atom stereocenters. The van der Waals surface area contributed by atoms with E-state index in [9.17, 15) is 9.59 Å². The molecule has 0 fully saturated rings. The van der Waals surface area contributed by atoms with Crippen molar-refractivity contribution in [3.05, 3.63) is 83.1 Å². The van der Waals surface area contributed by atoms with Gasteiger partial charge in [-0.15, -0.1) is 10.2 Å². The van der Waals surface area contributed by atoms with Crippen molar-refractivity contribution in [2.75, 3.05) is 4.90 Å². The maximum absolute atomic E-state index is 13.5. The number of hydrogen-bond acceptors (Lipinski definition) is 6. The molecular formula is C26H25N3O2S2. The minimum Gasteiger partial charge on any atom is -0.294 e. The van der Waals surface area contributed by atoms with E-state index in [0.29, 0.717) is 18.0 Å². The predicted octanol–water partition coefficient (Wildman–Crippen LogP) is 5.99. The average Bonchev–Trinajstić information content (AvgIpc) is 3.26. The third kappa shape index (κ3) is 4.52. The second-order valence-electron chi connectivity index (χ2n) is 9.32. The van der Waals surface area contributed by atoms with Crippen molar-refractivity contribution in [3.63, 3.8) is 0 Å². The Labute approximate surface area is 201 Å². The van der Waals surface area contributed by atoms with Crippen LogP contribution in [0.5, 0.6) is 0 Å². The number of carbonyl (C=O) groups excluding carboxylic acids is 2. The van der Waals surface area contributed by atoms with E-state index in [2.05, 4.69) is 36.2 Å². The first-order valence-electron chi connectivity index (χ1n) is 11.1. The summed E-state index contributed by atoms with van der Waals surface area (Å²) >= 11 is 3.03. The molecule has 1 aliphatic heterocycles.